The van der Waals surface area contributed by atoms with Crippen molar-refractivity contribution in [3.63, 3.8) is 0 Å². The first-order valence-electron chi connectivity index (χ1n) is 4.59. The van der Waals surface area contributed by atoms with Gasteiger partial charge in [0.25, 0.3) is 0 Å². The normalized spacial score (nSPS) is 10.4. The van der Waals surface area contributed by atoms with Gasteiger partial charge in [-0.2, -0.15) is 0 Å². The maximum absolute atomic E-state index is 10.4. The molecule has 0 spiro atoms. The van der Waals surface area contributed by atoms with Gasteiger partial charge in [-0.1, -0.05) is 30.3 Å². The number of benzene rings is 2. The SMILES string of the molecule is O=C(O)CSc1ccc2ccccc2c1. The minimum absolute atomic E-state index is 0.109. The Bertz CT molecular complexity index is 494. The molecule has 3 heteroatoms. The molecule has 0 aromatic heterocycles. The Hall–Kier alpha value is -1.48. The number of hydrogen-bond donors (Lipinski definition) is 1. The van der Waals surface area contributed by atoms with Gasteiger partial charge in [0, 0.05) is 4.90 Å². The lowest BCUT2D eigenvalue weighted by atomic mass is 10.1. The maximum atomic E-state index is 10.4. The Morgan fingerprint density at radius 2 is 1.87 bits per heavy atom. The lowest BCUT2D eigenvalue weighted by Gasteiger charge is -2.01. The fourth-order valence-electron chi connectivity index (χ4n) is 1.40. The minimum Gasteiger partial charge on any atom is -0.481 e. The maximum Gasteiger partial charge on any atom is 0.313 e. The fraction of sp³-hybridized carbons (Fsp3) is 0.0833. The first kappa shape index (κ1) is 10.1. The van der Waals surface area contributed by atoms with Gasteiger partial charge in [-0.05, 0) is 22.9 Å². The molecule has 15 heavy (non-hydrogen) atoms. The molecule has 0 aliphatic heterocycles. The molecular formula is C12H10O2S. The molecule has 2 aromatic carbocycles. The molecule has 0 heterocycles. The fourth-order valence-corrected chi connectivity index (χ4v) is 2.07. The second-order valence-electron chi connectivity index (χ2n) is 3.19. The Kier molecular flexibility index (Phi) is 2.92. The van der Waals surface area contributed by atoms with Crippen LogP contribution in [0.3, 0.4) is 0 Å². The average molecular weight is 218 g/mol. The van der Waals surface area contributed by atoms with E-state index in [-0.39, 0.29) is 5.75 Å². The topological polar surface area (TPSA) is 37.3 Å². The van der Waals surface area contributed by atoms with E-state index in [1.165, 1.54) is 17.1 Å². The largest absolute Gasteiger partial charge is 0.481 e. The molecule has 2 nitrogen and oxygen atoms in total. The van der Waals surface area contributed by atoms with E-state index >= 15 is 0 Å². The Labute approximate surface area is 91.9 Å². The zero-order valence-corrected chi connectivity index (χ0v) is 8.83. The molecule has 0 bridgehead atoms. The number of thioether (sulfide) groups is 1. The van der Waals surface area contributed by atoms with Crippen LogP contribution in [0, 0.1) is 0 Å². The number of aliphatic carboxylic acids is 1. The van der Waals surface area contributed by atoms with Crippen molar-refractivity contribution in [2.24, 2.45) is 0 Å². The van der Waals surface area contributed by atoms with Crippen molar-refractivity contribution >= 4 is 28.5 Å². The predicted octanol–water partition coefficient (Wildman–Crippen LogP) is 3.02. The molecule has 0 amide bonds. The van der Waals surface area contributed by atoms with Crippen LogP contribution in [-0.4, -0.2) is 16.8 Å². The van der Waals surface area contributed by atoms with Crippen molar-refractivity contribution in [1.82, 2.24) is 0 Å². The molecule has 0 aliphatic carbocycles. The number of rotatable bonds is 3. The molecule has 2 rings (SSSR count). The van der Waals surface area contributed by atoms with Crippen molar-refractivity contribution in [1.29, 1.82) is 0 Å². The minimum atomic E-state index is -0.784. The van der Waals surface area contributed by atoms with E-state index in [4.69, 9.17) is 5.11 Å². The van der Waals surface area contributed by atoms with Gasteiger partial charge in [0.1, 0.15) is 0 Å². The van der Waals surface area contributed by atoms with E-state index < -0.39 is 5.97 Å². The van der Waals surface area contributed by atoms with Crippen LogP contribution in [0.15, 0.2) is 47.4 Å². The van der Waals surface area contributed by atoms with Crippen LogP contribution in [0.4, 0.5) is 0 Å². The average Bonchev–Trinajstić information content (AvgIpc) is 2.26. The quantitative estimate of drug-likeness (QED) is 0.805. The van der Waals surface area contributed by atoms with Gasteiger partial charge >= 0.3 is 5.97 Å². The highest BCUT2D eigenvalue weighted by atomic mass is 32.2. The molecule has 0 atom stereocenters. The zero-order chi connectivity index (χ0) is 10.7. The van der Waals surface area contributed by atoms with E-state index in [2.05, 4.69) is 0 Å². The van der Waals surface area contributed by atoms with Crippen molar-refractivity contribution in [3.8, 4) is 0 Å². The van der Waals surface area contributed by atoms with Gasteiger partial charge in [-0.25, -0.2) is 0 Å². The molecule has 0 fully saturated rings. The van der Waals surface area contributed by atoms with Gasteiger partial charge in [0.15, 0.2) is 0 Å². The van der Waals surface area contributed by atoms with Gasteiger partial charge < -0.3 is 5.11 Å². The van der Waals surface area contributed by atoms with Gasteiger partial charge in [-0.3, -0.25) is 4.79 Å². The molecule has 1 N–H and O–H groups in total. The third-order valence-electron chi connectivity index (χ3n) is 2.08. The van der Waals surface area contributed by atoms with Crippen LogP contribution >= 0.6 is 11.8 Å². The summed E-state index contributed by atoms with van der Waals surface area (Å²) in [6.07, 6.45) is 0. The molecule has 0 aliphatic rings. The monoisotopic (exact) mass is 218 g/mol. The molecule has 0 saturated heterocycles. The van der Waals surface area contributed by atoms with Crippen molar-refractivity contribution < 1.29 is 9.90 Å². The zero-order valence-electron chi connectivity index (χ0n) is 8.01. The lowest BCUT2D eigenvalue weighted by molar-refractivity contribution is -0.133. The van der Waals surface area contributed by atoms with Crippen LogP contribution < -0.4 is 0 Å². The predicted molar refractivity (Wildman–Crippen MR) is 62.3 cm³/mol. The van der Waals surface area contributed by atoms with Crippen molar-refractivity contribution in [3.05, 3.63) is 42.5 Å². The summed E-state index contributed by atoms with van der Waals surface area (Å²) in [4.78, 5) is 11.4. The number of carboxylic acid groups (broad SMARTS) is 1. The van der Waals surface area contributed by atoms with Crippen LogP contribution in [-0.2, 0) is 4.79 Å². The number of carboxylic acids is 1. The first-order chi connectivity index (χ1) is 7.25. The first-order valence-corrected chi connectivity index (χ1v) is 5.58. The highest BCUT2D eigenvalue weighted by molar-refractivity contribution is 8.00. The van der Waals surface area contributed by atoms with E-state index in [1.807, 2.05) is 42.5 Å². The number of carbonyl (C=O) groups is 1. The highest BCUT2D eigenvalue weighted by Gasteiger charge is 2.00. The smallest absolute Gasteiger partial charge is 0.313 e. The third-order valence-corrected chi connectivity index (χ3v) is 3.06. The van der Waals surface area contributed by atoms with Crippen LogP contribution in [0.5, 0.6) is 0 Å². The van der Waals surface area contributed by atoms with Crippen molar-refractivity contribution in [2.75, 3.05) is 5.75 Å². The van der Waals surface area contributed by atoms with Crippen LogP contribution in [0.2, 0.25) is 0 Å². The summed E-state index contributed by atoms with van der Waals surface area (Å²) in [6.45, 7) is 0. The number of fused-ring (bicyclic) bond motifs is 1. The van der Waals surface area contributed by atoms with Crippen LogP contribution in [0.1, 0.15) is 0 Å². The van der Waals surface area contributed by atoms with E-state index in [9.17, 15) is 4.79 Å². The molecule has 2 aromatic rings. The van der Waals surface area contributed by atoms with Crippen LogP contribution in [0.25, 0.3) is 10.8 Å². The highest BCUT2D eigenvalue weighted by Crippen LogP contribution is 2.23. The van der Waals surface area contributed by atoms with E-state index in [0.717, 1.165) is 10.3 Å². The molecule has 0 unspecified atom stereocenters. The second kappa shape index (κ2) is 4.36. The van der Waals surface area contributed by atoms with E-state index in [0.29, 0.717) is 0 Å². The summed E-state index contributed by atoms with van der Waals surface area (Å²) in [7, 11) is 0. The lowest BCUT2D eigenvalue weighted by Crippen LogP contribution is -1.97. The Morgan fingerprint density at radius 1 is 1.13 bits per heavy atom. The molecule has 0 radical (unpaired) electrons. The third kappa shape index (κ3) is 2.50. The summed E-state index contributed by atoms with van der Waals surface area (Å²) in [5, 5.41) is 10.9. The van der Waals surface area contributed by atoms with E-state index in [1.54, 1.807) is 0 Å². The Morgan fingerprint density at radius 3 is 2.60 bits per heavy atom. The summed E-state index contributed by atoms with van der Waals surface area (Å²) in [5.74, 6) is -0.675. The summed E-state index contributed by atoms with van der Waals surface area (Å²) in [5.41, 5.74) is 0. The molecule has 0 saturated carbocycles. The summed E-state index contributed by atoms with van der Waals surface area (Å²) < 4.78 is 0. The van der Waals surface area contributed by atoms with Gasteiger partial charge in [-0.15, -0.1) is 11.8 Å². The summed E-state index contributed by atoms with van der Waals surface area (Å²) in [6, 6.07) is 14.0. The van der Waals surface area contributed by atoms with Crippen molar-refractivity contribution in [2.45, 2.75) is 4.90 Å². The number of hydrogen-bond acceptors (Lipinski definition) is 2. The molecule has 76 valence electrons. The summed E-state index contributed by atoms with van der Waals surface area (Å²) >= 11 is 1.34. The second-order valence-corrected chi connectivity index (χ2v) is 4.24. The Balaban J connectivity index is 2.26. The van der Waals surface area contributed by atoms with Gasteiger partial charge in [0.05, 0.1) is 5.75 Å². The molecular weight excluding hydrogens is 208 g/mol. The standard InChI is InChI=1S/C12H10O2S/c13-12(14)8-15-11-6-5-9-3-1-2-4-10(9)7-11/h1-7H,8H2,(H,13,14). The van der Waals surface area contributed by atoms with Gasteiger partial charge in [0.2, 0.25) is 0 Å².